The van der Waals surface area contributed by atoms with Crippen LogP contribution in [0, 0.1) is 0 Å². The van der Waals surface area contributed by atoms with Crippen molar-refractivity contribution in [2.45, 2.75) is 23.8 Å². The van der Waals surface area contributed by atoms with Gasteiger partial charge in [-0.3, -0.25) is 14.1 Å². The van der Waals surface area contributed by atoms with Crippen molar-refractivity contribution >= 4 is 50.4 Å². The Morgan fingerprint density at radius 3 is 2.22 bits per heavy atom. The Balaban J connectivity index is 2.95. The van der Waals surface area contributed by atoms with Gasteiger partial charge in [-0.15, -0.1) is 16.7 Å². The van der Waals surface area contributed by atoms with Gasteiger partial charge >= 0.3 is 5.97 Å². The van der Waals surface area contributed by atoms with E-state index in [1.807, 2.05) is 0 Å². The molecule has 2 amide bonds. The van der Waals surface area contributed by atoms with Gasteiger partial charge in [0.25, 0.3) is 21.9 Å². The fourth-order valence-electron chi connectivity index (χ4n) is 1.01. The second-order valence-electron chi connectivity index (χ2n) is 3.47. The smallest absolute Gasteiger partial charge is 0.327 e. The first-order valence-corrected chi connectivity index (χ1v) is 7.82. The highest BCUT2D eigenvalue weighted by molar-refractivity contribution is 8.71. The van der Waals surface area contributed by atoms with Gasteiger partial charge in [0.05, 0.1) is 0 Å². The van der Waals surface area contributed by atoms with Gasteiger partial charge in [0.1, 0.15) is 0 Å². The first kappa shape index (κ1) is 15.3. The van der Waals surface area contributed by atoms with Crippen LogP contribution in [0.1, 0.15) is 19.8 Å². The maximum Gasteiger partial charge on any atom is 0.367 e. The molecule has 1 saturated heterocycles. The summed E-state index contributed by atoms with van der Waals surface area (Å²) in [5.74, 6) is -2.99. The van der Waals surface area contributed by atoms with Gasteiger partial charge in [-0.05, 0) is 6.92 Å². The van der Waals surface area contributed by atoms with Crippen LogP contribution >= 0.6 is 22.5 Å². The Morgan fingerprint density at radius 2 is 1.89 bits per heavy atom. The van der Waals surface area contributed by atoms with Crippen molar-refractivity contribution in [2.75, 3.05) is 0 Å². The highest BCUT2D eigenvalue weighted by atomic mass is 33.1. The largest absolute Gasteiger partial charge is 0.367 e. The first-order valence-electron chi connectivity index (χ1n) is 4.51. The van der Waals surface area contributed by atoms with Crippen LogP contribution in [-0.2, 0) is 29.3 Å². The number of thiol groups is 1. The lowest BCUT2D eigenvalue weighted by molar-refractivity contribution is -0.197. The number of amides is 2. The molecule has 0 bridgehead atoms. The molecule has 1 rings (SSSR count). The van der Waals surface area contributed by atoms with Gasteiger partial charge in [-0.2, -0.15) is 8.42 Å². The molecular formula is C7H9NO7S3. The maximum atomic E-state index is 11.6. The number of carbonyl (C=O) groups excluding carboxylic acids is 3. The van der Waals surface area contributed by atoms with Crippen molar-refractivity contribution in [3.8, 4) is 0 Å². The van der Waals surface area contributed by atoms with E-state index in [9.17, 15) is 22.8 Å². The number of hydrogen-bond donors (Lipinski definition) is 2. The van der Waals surface area contributed by atoms with Gasteiger partial charge in [-0.25, -0.2) is 4.79 Å². The Kier molecular flexibility index (Phi) is 4.30. The first-order chi connectivity index (χ1) is 8.13. The van der Waals surface area contributed by atoms with Crippen molar-refractivity contribution < 1.29 is 32.2 Å². The molecular weight excluding hydrogens is 306 g/mol. The summed E-state index contributed by atoms with van der Waals surface area (Å²) in [5, 5.41) is 0.190. The van der Waals surface area contributed by atoms with Gasteiger partial charge < -0.3 is 4.84 Å². The standard InChI is InChI=1S/C7H9NO7S3/c1-7(17-16,18(12,13)14)6(11)15-8-4(9)2-3-5(8)10/h16H,2-3H2,1H3,(H,12,13,14). The topological polar surface area (TPSA) is 118 Å². The second kappa shape index (κ2) is 5.07. The van der Waals surface area contributed by atoms with Crippen molar-refractivity contribution in [3.05, 3.63) is 0 Å². The van der Waals surface area contributed by atoms with Gasteiger partial charge in [-0.1, -0.05) is 10.8 Å². The van der Waals surface area contributed by atoms with E-state index in [0.717, 1.165) is 6.92 Å². The fourth-order valence-corrected chi connectivity index (χ4v) is 2.82. The average molecular weight is 315 g/mol. The molecule has 0 aliphatic carbocycles. The van der Waals surface area contributed by atoms with Crippen LogP contribution in [0.5, 0.6) is 0 Å². The van der Waals surface area contributed by atoms with Crippen LogP contribution in [0.15, 0.2) is 0 Å². The van der Waals surface area contributed by atoms with Gasteiger partial charge in [0, 0.05) is 12.8 Å². The molecule has 1 N–H and O–H groups in total. The number of hydroxylamine groups is 2. The lowest BCUT2D eigenvalue weighted by Crippen LogP contribution is -2.45. The normalized spacial score (nSPS) is 19.8. The number of nitrogens with zero attached hydrogens (tertiary/aromatic N) is 1. The van der Waals surface area contributed by atoms with Crippen LogP contribution in [-0.4, -0.2) is 39.9 Å². The van der Waals surface area contributed by atoms with E-state index < -0.39 is 32.0 Å². The van der Waals surface area contributed by atoms with Gasteiger partial charge in [0.15, 0.2) is 0 Å². The summed E-state index contributed by atoms with van der Waals surface area (Å²) in [7, 11) is -4.62. The van der Waals surface area contributed by atoms with Crippen molar-refractivity contribution in [2.24, 2.45) is 0 Å². The fraction of sp³-hybridized carbons (Fsp3) is 0.571. The van der Waals surface area contributed by atoms with E-state index in [0.29, 0.717) is 0 Å². The lowest BCUT2D eigenvalue weighted by Gasteiger charge is -2.22. The number of carbonyl (C=O) groups is 3. The molecule has 18 heavy (non-hydrogen) atoms. The number of rotatable bonds is 4. The minimum Gasteiger partial charge on any atom is -0.327 e. The summed E-state index contributed by atoms with van der Waals surface area (Å²) in [5.41, 5.74) is 0. The molecule has 1 atom stereocenters. The number of imide groups is 1. The quantitative estimate of drug-likeness (QED) is 0.316. The molecule has 102 valence electrons. The Hall–Kier alpha value is -0.780. The summed E-state index contributed by atoms with van der Waals surface area (Å²) in [6, 6.07) is 0. The lowest BCUT2D eigenvalue weighted by atomic mass is 10.4. The third-order valence-corrected chi connectivity index (χ3v) is 6.23. The molecule has 11 heteroatoms. The molecule has 0 spiro atoms. The molecule has 0 radical (unpaired) electrons. The second-order valence-corrected chi connectivity index (χ2v) is 7.04. The molecule has 1 unspecified atom stereocenters. The van der Waals surface area contributed by atoms with E-state index >= 15 is 0 Å². The van der Waals surface area contributed by atoms with Crippen molar-refractivity contribution in [1.29, 1.82) is 0 Å². The average Bonchev–Trinajstić information content (AvgIpc) is 2.57. The van der Waals surface area contributed by atoms with Crippen molar-refractivity contribution in [3.63, 3.8) is 0 Å². The summed E-state index contributed by atoms with van der Waals surface area (Å²) >= 11 is 3.56. The summed E-state index contributed by atoms with van der Waals surface area (Å²) < 4.78 is 28.6. The molecule has 1 aliphatic rings. The molecule has 0 aromatic carbocycles. The van der Waals surface area contributed by atoms with Crippen LogP contribution < -0.4 is 0 Å². The van der Waals surface area contributed by atoms with E-state index in [1.165, 1.54) is 0 Å². The van der Waals surface area contributed by atoms with Crippen LogP contribution in [0.3, 0.4) is 0 Å². The predicted molar refractivity (Wildman–Crippen MR) is 63.7 cm³/mol. The zero-order valence-corrected chi connectivity index (χ0v) is 11.5. The van der Waals surface area contributed by atoms with Crippen LogP contribution in [0.25, 0.3) is 0 Å². The summed E-state index contributed by atoms with van der Waals surface area (Å²) in [6.45, 7) is 0.841. The molecule has 8 nitrogen and oxygen atoms in total. The Bertz CT molecular complexity index is 485. The minimum absolute atomic E-state index is 0.122. The Morgan fingerprint density at radius 1 is 1.44 bits per heavy atom. The number of hydrogen-bond acceptors (Lipinski definition) is 8. The van der Waals surface area contributed by atoms with Crippen LogP contribution in [0.4, 0.5) is 0 Å². The van der Waals surface area contributed by atoms with E-state index in [2.05, 4.69) is 16.5 Å². The molecule has 1 aliphatic heterocycles. The van der Waals surface area contributed by atoms with E-state index in [-0.39, 0.29) is 28.7 Å². The zero-order chi connectivity index (χ0) is 14.1. The maximum absolute atomic E-state index is 11.6. The highest BCUT2D eigenvalue weighted by Gasteiger charge is 2.50. The third-order valence-electron chi connectivity index (χ3n) is 2.22. The van der Waals surface area contributed by atoms with Crippen LogP contribution in [0.2, 0.25) is 0 Å². The third kappa shape index (κ3) is 2.63. The molecule has 0 aromatic heterocycles. The van der Waals surface area contributed by atoms with E-state index in [4.69, 9.17) is 4.55 Å². The predicted octanol–water partition coefficient (Wildman–Crippen LogP) is -0.224. The molecule has 0 saturated carbocycles. The summed E-state index contributed by atoms with van der Waals surface area (Å²) in [6.07, 6.45) is -0.245. The SMILES string of the molecule is CC(SS)(C(=O)ON1C(=O)CCC1=O)S(=O)(=O)O. The molecule has 1 heterocycles. The monoisotopic (exact) mass is 315 g/mol. The minimum atomic E-state index is -4.83. The molecule has 1 fully saturated rings. The zero-order valence-electron chi connectivity index (χ0n) is 9.02. The van der Waals surface area contributed by atoms with Gasteiger partial charge in [0.2, 0.25) is 4.08 Å². The highest BCUT2D eigenvalue weighted by Crippen LogP contribution is 2.35. The summed E-state index contributed by atoms with van der Waals surface area (Å²) in [4.78, 5) is 38.4. The molecule has 0 aromatic rings. The van der Waals surface area contributed by atoms with E-state index in [1.54, 1.807) is 0 Å². The Labute approximate surface area is 112 Å². The van der Waals surface area contributed by atoms with Crippen molar-refractivity contribution in [1.82, 2.24) is 5.06 Å².